The molecular weight excluding hydrogens is 655 g/mol. The van der Waals surface area contributed by atoms with Crippen LogP contribution in [0.5, 0.6) is 0 Å². The maximum Gasteiger partial charge on any atom is 0.164 e. The lowest BCUT2D eigenvalue weighted by molar-refractivity contribution is 1.07. The highest BCUT2D eigenvalue weighted by Gasteiger charge is 2.17. The summed E-state index contributed by atoms with van der Waals surface area (Å²) in [6, 6.07) is 74.1. The van der Waals surface area contributed by atoms with E-state index in [9.17, 15) is 0 Å². The minimum Gasteiger partial charge on any atom is -0.208 e. The Morgan fingerprint density at radius 2 is 0.537 bits per heavy atom. The van der Waals surface area contributed by atoms with E-state index in [1.54, 1.807) is 0 Å². The molecule has 1 heterocycles. The number of benzene rings is 8. The van der Waals surface area contributed by atoms with Gasteiger partial charge in [-0.25, -0.2) is 15.0 Å². The molecule has 254 valence electrons. The van der Waals surface area contributed by atoms with Gasteiger partial charge >= 0.3 is 0 Å². The molecule has 0 radical (unpaired) electrons. The zero-order valence-corrected chi connectivity index (χ0v) is 29.5. The van der Waals surface area contributed by atoms with E-state index < -0.39 is 0 Å². The fourth-order valence-electron chi connectivity index (χ4n) is 7.04. The third kappa shape index (κ3) is 6.74. The standard InChI is InChI=1S/C51H35N3/c1-5-16-36(17-6-1)38-28-30-41(31-29-38)49-52-50(43-25-15-24-42(34-43)37-18-7-2-8-19-37)54-51(53-49)44-32-33-47(48(35-44)40-22-11-4-12-23-40)46-27-14-13-26-45(46)39-20-9-3-10-21-39/h1-35H. The van der Waals surface area contributed by atoms with Crippen LogP contribution in [-0.2, 0) is 0 Å². The molecule has 0 aliphatic carbocycles. The SMILES string of the molecule is c1ccc(-c2ccc(-c3nc(-c4cccc(-c5ccccc5)c4)nc(-c4ccc(-c5ccccc5-c5ccccc5)c(-c5ccccc5)c4)n3)cc2)cc1. The van der Waals surface area contributed by atoms with Crippen LogP contribution in [0.25, 0.3) is 89.8 Å². The third-order valence-corrected chi connectivity index (χ3v) is 9.78. The van der Waals surface area contributed by atoms with Crippen molar-refractivity contribution >= 4 is 0 Å². The monoisotopic (exact) mass is 689 g/mol. The van der Waals surface area contributed by atoms with Gasteiger partial charge in [0.15, 0.2) is 17.5 Å². The van der Waals surface area contributed by atoms with Crippen molar-refractivity contribution in [3.63, 3.8) is 0 Å². The molecule has 9 aromatic rings. The van der Waals surface area contributed by atoms with Crippen molar-refractivity contribution in [1.29, 1.82) is 0 Å². The van der Waals surface area contributed by atoms with E-state index in [2.05, 4.69) is 200 Å². The number of nitrogens with zero attached hydrogens (tertiary/aromatic N) is 3. The van der Waals surface area contributed by atoms with Gasteiger partial charge in [0.2, 0.25) is 0 Å². The van der Waals surface area contributed by atoms with Crippen LogP contribution in [0, 0.1) is 0 Å². The summed E-state index contributed by atoms with van der Waals surface area (Å²) in [6.07, 6.45) is 0. The minimum atomic E-state index is 0.618. The Morgan fingerprint density at radius 3 is 1.13 bits per heavy atom. The zero-order chi connectivity index (χ0) is 36.1. The summed E-state index contributed by atoms with van der Waals surface area (Å²) in [6.45, 7) is 0. The van der Waals surface area contributed by atoms with Gasteiger partial charge in [-0.1, -0.05) is 200 Å². The average molecular weight is 690 g/mol. The molecule has 9 rings (SSSR count). The summed E-state index contributed by atoms with van der Waals surface area (Å²) in [7, 11) is 0. The van der Waals surface area contributed by atoms with Crippen LogP contribution in [0.3, 0.4) is 0 Å². The first-order valence-electron chi connectivity index (χ1n) is 18.2. The summed E-state index contributed by atoms with van der Waals surface area (Å²) in [5, 5.41) is 0. The average Bonchev–Trinajstić information content (AvgIpc) is 3.27. The Bertz CT molecular complexity index is 2670. The van der Waals surface area contributed by atoms with Crippen molar-refractivity contribution in [1.82, 2.24) is 15.0 Å². The molecule has 0 bridgehead atoms. The Kier molecular flexibility index (Phi) is 8.94. The first-order valence-corrected chi connectivity index (χ1v) is 18.2. The van der Waals surface area contributed by atoms with Crippen LogP contribution in [0.15, 0.2) is 212 Å². The molecule has 0 aliphatic heterocycles. The van der Waals surface area contributed by atoms with Crippen LogP contribution in [0.4, 0.5) is 0 Å². The van der Waals surface area contributed by atoms with Gasteiger partial charge < -0.3 is 0 Å². The molecule has 0 N–H and O–H groups in total. The number of rotatable bonds is 8. The fraction of sp³-hybridized carbons (Fsp3) is 0. The Hall–Kier alpha value is -7.23. The Morgan fingerprint density at radius 1 is 0.185 bits per heavy atom. The Labute approximate surface area is 316 Å². The summed E-state index contributed by atoms with van der Waals surface area (Å²) in [4.78, 5) is 15.4. The quantitative estimate of drug-likeness (QED) is 0.159. The highest BCUT2D eigenvalue weighted by atomic mass is 15.0. The number of aromatic nitrogens is 3. The van der Waals surface area contributed by atoms with Crippen molar-refractivity contribution < 1.29 is 0 Å². The molecule has 0 spiro atoms. The lowest BCUT2D eigenvalue weighted by Crippen LogP contribution is -2.01. The van der Waals surface area contributed by atoms with Gasteiger partial charge in [-0.3, -0.25) is 0 Å². The van der Waals surface area contributed by atoms with Gasteiger partial charge in [0.05, 0.1) is 0 Å². The molecule has 3 heteroatoms. The number of hydrogen-bond donors (Lipinski definition) is 0. The van der Waals surface area contributed by atoms with Crippen LogP contribution >= 0.6 is 0 Å². The van der Waals surface area contributed by atoms with Gasteiger partial charge in [-0.15, -0.1) is 0 Å². The summed E-state index contributed by atoms with van der Waals surface area (Å²) >= 11 is 0. The van der Waals surface area contributed by atoms with Gasteiger partial charge in [-0.2, -0.15) is 0 Å². The molecule has 0 unspecified atom stereocenters. The maximum absolute atomic E-state index is 5.18. The van der Waals surface area contributed by atoms with E-state index in [0.717, 1.165) is 50.1 Å². The second kappa shape index (κ2) is 14.8. The third-order valence-electron chi connectivity index (χ3n) is 9.78. The van der Waals surface area contributed by atoms with Crippen molar-refractivity contribution in [3.05, 3.63) is 212 Å². The molecule has 1 aromatic heterocycles. The fourth-order valence-corrected chi connectivity index (χ4v) is 7.04. The summed E-state index contributed by atoms with van der Waals surface area (Å²) in [5.74, 6) is 1.87. The maximum atomic E-state index is 5.18. The van der Waals surface area contributed by atoms with E-state index in [-0.39, 0.29) is 0 Å². The molecule has 0 aliphatic rings. The van der Waals surface area contributed by atoms with E-state index in [1.807, 2.05) is 12.1 Å². The lowest BCUT2D eigenvalue weighted by Gasteiger charge is -2.16. The summed E-state index contributed by atoms with van der Waals surface area (Å²) < 4.78 is 0. The van der Waals surface area contributed by atoms with E-state index in [0.29, 0.717) is 17.5 Å². The van der Waals surface area contributed by atoms with Crippen LogP contribution in [0.1, 0.15) is 0 Å². The van der Waals surface area contributed by atoms with E-state index in [1.165, 1.54) is 22.3 Å². The topological polar surface area (TPSA) is 38.7 Å². The number of hydrogen-bond acceptors (Lipinski definition) is 3. The molecule has 54 heavy (non-hydrogen) atoms. The first kappa shape index (κ1) is 32.7. The molecular formula is C51H35N3. The first-order chi connectivity index (χ1) is 26.8. The second-order valence-electron chi connectivity index (χ2n) is 13.2. The van der Waals surface area contributed by atoms with Gasteiger partial charge in [0, 0.05) is 16.7 Å². The predicted molar refractivity (Wildman–Crippen MR) is 223 cm³/mol. The van der Waals surface area contributed by atoms with Gasteiger partial charge in [0.1, 0.15) is 0 Å². The van der Waals surface area contributed by atoms with Crippen LogP contribution < -0.4 is 0 Å². The van der Waals surface area contributed by atoms with Crippen molar-refractivity contribution in [2.45, 2.75) is 0 Å². The zero-order valence-electron chi connectivity index (χ0n) is 29.5. The van der Waals surface area contributed by atoms with Crippen LogP contribution in [0.2, 0.25) is 0 Å². The van der Waals surface area contributed by atoms with Gasteiger partial charge in [0.25, 0.3) is 0 Å². The molecule has 0 saturated heterocycles. The van der Waals surface area contributed by atoms with Crippen molar-refractivity contribution in [3.8, 4) is 89.8 Å². The normalized spacial score (nSPS) is 11.0. The largest absolute Gasteiger partial charge is 0.208 e. The van der Waals surface area contributed by atoms with E-state index in [4.69, 9.17) is 15.0 Å². The molecule has 8 aromatic carbocycles. The van der Waals surface area contributed by atoms with Crippen molar-refractivity contribution in [2.24, 2.45) is 0 Å². The molecule has 0 fully saturated rings. The smallest absolute Gasteiger partial charge is 0.164 e. The summed E-state index contributed by atoms with van der Waals surface area (Å²) in [5.41, 5.74) is 14.2. The minimum absolute atomic E-state index is 0.618. The lowest BCUT2D eigenvalue weighted by atomic mass is 9.88. The molecule has 3 nitrogen and oxygen atoms in total. The van der Waals surface area contributed by atoms with Crippen molar-refractivity contribution in [2.75, 3.05) is 0 Å². The molecule has 0 amide bonds. The van der Waals surface area contributed by atoms with Gasteiger partial charge in [-0.05, 0) is 67.8 Å². The molecule has 0 atom stereocenters. The van der Waals surface area contributed by atoms with E-state index >= 15 is 0 Å². The van der Waals surface area contributed by atoms with Crippen LogP contribution in [-0.4, -0.2) is 15.0 Å². The predicted octanol–water partition coefficient (Wildman–Crippen LogP) is 13.2. The second-order valence-corrected chi connectivity index (χ2v) is 13.2. The highest BCUT2D eigenvalue weighted by Crippen LogP contribution is 2.40. The highest BCUT2D eigenvalue weighted by molar-refractivity contribution is 5.93. The molecule has 0 saturated carbocycles. The Balaban J connectivity index is 1.21.